The van der Waals surface area contributed by atoms with E-state index in [0.717, 1.165) is 11.4 Å². The fourth-order valence-electron chi connectivity index (χ4n) is 2.12. The lowest BCUT2D eigenvalue weighted by atomic mass is 10.3. The molecule has 2 N–H and O–H groups in total. The zero-order valence-electron chi connectivity index (χ0n) is 13.8. The van der Waals surface area contributed by atoms with Crippen LogP contribution in [0.1, 0.15) is 0 Å². The molecular weight excluding hydrogens is 318 g/mol. The van der Waals surface area contributed by atoms with Crippen LogP contribution < -0.4 is 15.4 Å². The highest BCUT2D eigenvalue weighted by Crippen LogP contribution is 2.30. The van der Waals surface area contributed by atoms with Crippen molar-refractivity contribution in [2.75, 3.05) is 30.9 Å². The van der Waals surface area contributed by atoms with Crippen molar-refractivity contribution in [2.45, 2.75) is 0 Å². The zero-order chi connectivity index (χ0) is 17.3. The quantitative estimate of drug-likeness (QED) is 0.609. The van der Waals surface area contributed by atoms with Gasteiger partial charge < -0.3 is 20.1 Å². The van der Waals surface area contributed by atoms with Gasteiger partial charge in [0.15, 0.2) is 11.6 Å². The maximum absolute atomic E-state index is 5.93. The van der Waals surface area contributed by atoms with Gasteiger partial charge in [-0.2, -0.15) is 10.1 Å². The van der Waals surface area contributed by atoms with Gasteiger partial charge in [-0.25, -0.2) is 0 Å². The second-order valence-electron chi connectivity index (χ2n) is 5.12. The van der Waals surface area contributed by atoms with E-state index in [-0.39, 0.29) is 0 Å². The molecule has 3 aromatic rings. The summed E-state index contributed by atoms with van der Waals surface area (Å²) in [6, 6.07) is 17.3. The van der Waals surface area contributed by atoms with Gasteiger partial charge in [0.1, 0.15) is 5.75 Å². The van der Waals surface area contributed by atoms with Crippen molar-refractivity contribution < 1.29 is 9.47 Å². The van der Waals surface area contributed by atoms with Crippen molar-refractivity contribution in [2.24, 2.45) is 0 Å². The molecular formula is C18H19N5O2. The topological polar surface area (TPSA) is 81.2 Å². The van der Waals surface area contributed by atoms with E-state index >= 15 is 0 Å². The Morgan fingerprint density at radius 3 is 2.64 bits per heavy atom. The number of nitrogens with zero attached hydrogens (tertiary/aromatic N) is 3. The first-order valence-electron chi connectivity index (χ1n) is 7.86. The molecule has 1 aromatic heterocycles. The first-order valence-corrected chi connectivity index (χ1v) is 7.86. The molecule has 3 rings (SSSR count). The van der Waals surface area contributed by atoms with Crippen LogP contribution in [-0.4, -0.2) is 35.4 Å². The Hall–Kier alpha value is -3.19. The summed E-state index contributed by atoms with van der Waals surface area (Å²) < 4.78 is 10.9. The van der Waals surface area contributed by atoms with Crippen LogP contribution in [0, 0.1) is 0 Å². The Balaban J connectivity index is 1.74. The second-order valence-corrected chi connectivity index (χ2v) is 5.12. The minimum Gasteiger partial charge on any atom is -0.455 e. The van der Waals surface area contributed by atoms with E-state index in [2.05, 4.69) is 25.8 Å². The van der Waals surface area contributed by atoms with Crippen LogP contribution in [0.2, 0.25) is 0 Å². The monoisotopic (exact) mass is 337 g/mol. The molecule has 7 nitrogen and oxygen atoms in total. The lowest BCUT2D eigenvalue weighted by molar-refractivity contribution is 0.210. The molecule has 7 heteroatoms. The number of nitrogens with one attached hydrogen (secondary N) is 2. The molecule has 0 bridgehead atoms. The largest absolute Gasteiger partial charge is 0.455 e. The number of para-hydroxylation sites is 3. The molecule has 0 saturated carbocycles. The lowest BCUT2D eigenvalue weighted by Crippen LogP contribution is -2.11. The highest BCUT2D eigenvalue weighted by atomic mass is 16.5. The second kappa shape index (κ2) is 8.60. The van der Waals surface area contributed by atoms with Gasteiger partial charge in [-0.05, 0) is 24.3 Å². The van der Waals surface area contributed by atoms with Gasteiger partial charge in [-0.15, -0.1) is 5.10 Å². The van der Waals surface area contributed by atoms with Crippen LogP contribution in [0.25, 0.3) is 0 Å². The Morgan fingerprint density at radius 1 is 1.00 bits per heavy atom. The number of hydrogen-bond acceptors (Lipinski definition) is 7. The Morgan fingerprint density at radius 2 is 1.80 bits per heavy atom. The number of hydrogen-bond donors (Lipinski definition) is 2. The fraction of sp³-hybridized carbons (Fsp3) is 0.167. The lowest BCUT2D eigenvalue weighted by Gasteiger charge is -2.12. The van der Waals surface area contributed by atoms with E-state index in [1.165, 1.54) is 0 Å². The molecule has 0 radical (unpaired) electrons. The van der Waals surface area contributed by atoms with Gasteiger partial charge in [-0.3, -0.25) is 0 Å². The molecule has 0 amide bonds. The minimum atomic E-state index is 0.434. The average Bonchev–Trinajstić information content (AvgIpc) is 2.65. The molecule has 0 spiro atoms. The van der Waals surface area contributed by atoms with Crippen LogP contribution in [0.4, 0.5) is 17.5 Å². The highest BCUT2D eigenvalue weighted by molar-refractivity contribution is 5.64. The van der Waals surface area contributed by atoms with Crippen LogP contribution in [0.3, 0.4) is 0 Å². The Kier molecular flexibility index (Phi) is 5.73. The Labute approximate surface area is 146 Å². The highest BCUT2D eigenvalue weighted by Gasteiger charge is 2.07. The molecule has 0 saturated heterocycles. The number of ether oxygens (including phenoxy) is 2. The number of methoxy groups -OCH3 is 1. The number of aromatic nitrogens is 3. The minimum absolute atomic E-state index is 0.434. The standard InChI is InChI=1S/C18H19N5O2/c1-24-12-11-19-18-22-17(13-20-23-18)21-15-9-5-6-10-16(15)25-14-7-3-2-4-8-14/h2-10,13H,11-12H2,1H3,(H2,19,21,22,23). The fourth-order valence-corrected chi connectivity index (χ4v) is 2.12. The third-order valence-electron chi connectivity index (χ3n) is 3.27. The maximum Gasteiger partial charge on any atom is 0.244 e. The summed E-state index contributed by atoms with van der Waals surface area (Å²) in [5.74, 6) is 2.46. The zero-order valence-corrected chi connectivity index (χ0v) is 13.8. The predicted octanol–water partition coefficient (Wildman–Crippen LogP) is 3.47. The third kappa shape index (κ3) is 4.89. The summed E-state index contributed by atoms with van der Waals surface area (Å²) in [6.45, 7) is 1.17. The van der Waals surface area contributed by atoms with Gasteiger partial charge in [0.05, 0.1) is 18.5 Å². The van der Waals surface area contributed by atoms with Crippen molar-refractivity contribution in [1.29, 1.82) is 0 Å². The van der Waals surface area contributed by atoms with Gasteiger partial charge in [0, 0.05) is 13.7 Å². The van der Waals surface area contributed by atoms with E-state index in [1.807, 2.05) is 54.6 Å². The average molecular weight is 337 g/mol. The molecule has 128 valence electrons. The summed E-state index contributed by atoms with van der Waals surface area (Å²) >= 11 is 0. The van der Waals surface area contributed by atoms with Crippen LogP contribution in [-0.2, 0) is 4.74 Å². The van der Waals surface area contributed by atoms with Crippen LogP contribution in [0.15, 0.2) is 60.8 Å². The molecule has 0 aliphatic heterocycles. The molecule has 2 aromatic carbocycles. The van der Waals surface area contributed by atoms with Gasteiger partial charge in [-0.1, -0.05) is 30.3 Å². The Bertz CT molecular complexity index is 798. The van der Waals surface area contributed by atoms with Crippen molar-refractivity contribution in [1.82, 2.24) is 15.2 Å². The summed E-state index contributed by atoms with van der Waals surface area (Å²) in [6.07, 6.45) is 1.56. The summed E-state index contributed by atoms with van der Waals surface area (Å²) in [7, 11) is 1.64. The predicted molar refractivity (Wildman–Crippen MR) is 96.4 cm³/mol. The molecule has 25 heavy (non-hydrogen) atoms. The molecule has 0 unspecified atom stereocenters. The third-order valence-corrected chi connectivity index (χ3v) is 3.27. The molecule has 0 aliphatic rings. The molecule has 0 atom stereocenters. The smallest absolute Gasteiger partial charge is 0.244 e. The van der Waals surface area contributed by atoms with E-state index in [4.69, 9.17) is 9.47 Å². The van der Waals surface area contributed by atoms with Crippen molar-refractivity contribution in [3.8, 4) is 11.5 Å². The molecule has 1 heterocycles. The summed E-state index contributed by atoms with van der Waals surface area (Å²) in [5, 5.41) is 14.2. The summed E-state index contributed by atoms with van der Waals surface area (Å²) in [4.78, 5) is 4.38. The normalized spacial score (nSPS) is 10.3. The van der Waals surface area contributed by atoms with Crippen LogP contribution >= 0.6 is 0 Å². The molecule has 0 aliphatic carbocycles. The van der Waals surface area contributed by atoms with Gasteiger partial charge in [0.25, 0.3) is 0 Å². The van der Waals surface area contributed by atoms with Crippen molar-refractivity contribution in [3.63, 3.8) is 0 Å². The molecule has 0 fully saturated rings. The van der Waals surface area contributed by atoms with Crippen LogP contribution in [0.5, 0.6) is 11.5 Å². The van der Waals surface area contributed by atoms with Crippen molar-refractivity contribution in [3.05, 3.63) is 60.8 Å². The van der Waals surface area contributed by atoms with Gasteiger partial charge >= 0.3 is 0 Å². The van der Waals surface area contributed by atoms with Crippen molar-refractivity contribution >= 4 is 17.5 Å². The first-order chi connectivity index (χ1) is 12.3. The number of anilines is 3. The number of benzene rings is 2. The maximum atomic E-state index is 5.93. The van der Waals surface area contributed by atoms with E-state index in [0.29, 0.717) is 30.7 Å². The van der Waals surface area contributed by atoms with E-state index in [1.54, 1.807) is 13.3 Å². The SMILES string of the molecule is COCCNc1nncc(Nc2ccccc2Oc2ccccc2)n1. The van der Waals surface area contributed by atoms with Gasteiger partial charge in [0.2, 0.25) is 5.95 Å². The van der Waals surface area contributed by atoms with E-state index < -0.39 is 0 Å². The summed E-state index contributed by atoms with van der Waals surface area (Å²) in [5.41, 5.74) is 0.787. The van der Waals surface area contributed by atoms with E-state index in [9.17, 15) is 0 Å². The first kappa shape index (κ1) is 16.7. The number of rotatable bonds is 8.